The van der Waals surface area contributed by atoms with Crippen LogP contribution in [0.3, 0.4) is 0 Å². The van der Waals surface area contributed by atoms with Crippen molar-refractivity contribution >= 4 is 39.7 Å². The molecule has 3 aromatic rings. The van der Waals surface area contributed by atoms with Gasteiger partial charge in [0.2, 0.25) is 0 Å². The lowest BCUT2D eigenvalue weighted by Crippen LogP contribution is -2.04. The lowest BCUT2D eigenvalue weighted by molar-refractivity contribution is 1.10. The predicted octanol–water partition coefficient (Wildman–Crippen LogP) is 6.35. The van der Waals surface area contributed by atoms with Crippen molar-refractivity contribution in [3.05, 3.63) is 96.1 Å². The van der Waals surface area contributed by atoms with E-state index < -0.39 is 0 Å². The number of halogens is 2. The summed E-state index contributed by atoms with van der Waals surface area (Å²) < 4.78 is 0. The van der Waals surface area contributed by atoms with Gasteiger partial charge in [0.15, 0.2) is 0 Å². The molecule has 3 aromatic carbocycles. The van der Waals surface area contributed by atoms with Crippen LogP contribution in [-0.4, -0.2) is 5.17 Å². The first-order valence-electron chi connectivity index (χ1n) is 7.57. The summed E-state index contributed by atoms with van der Waals surface area (Å²) in [6.07, 6.45) is 0. The SMILES string of the molecule is Cl/C(=N\c1ccccc1)c1ccc(C(Cl)Nc2ccccc2)cc1. The molecule has 3 rings (SSSR count). The van der Waals surface area contributed by atoms with Crippen LogP contribution in [0.4, 0.5) is 11.4 Å². The van der Waals surface area contributed by atoms with Crippen LogP contribution in [0.1, 0.15) is 16.6 Å². The largest absolute Gasteiger partial charge is 0.366 e. The zero-order valence-electron chi connectivity index (χ0n) is 12.9. The summed E-state index contributed by atoms with van der Waals surface area (Å²) in [7, 11) is 0. The third-order valence-corrected chi connectivity index (χ3v) is 4.16. The van der Waals surface area contributed by atoms with E-state index >= 15 is 0 Å². The second kappa shape index (κ2) is 8.00. The number of hydrogen-bond donors (Lipinski definition) is 1. The Kier molecular flexibility index (Phi) is 5.52. The molecule has 120 valence electrons. The van der Waals surface area contributed by atoms with Gasteiger partial charge in [0.1, 0.15) is 10.7 Å². The number of anilines is 1. The highest BCUT2D eigenvalue weighted by Gasteiger charge is 2.08. The van der Waals surface area contributed by atoms with E-state index in [0.717, 1.165) is 22.5 Å². The summed E-state index contributed by atoms with van der Waals surface area (Å²) in [6, 6.07) is 27.2. The van der Waals surface area contributed by atoms with Crippen molar-refractivity contribution in [3.63, 3.8) is 0 Å². The third-order valence-electron chi connectivity index (χ3n) is 3.49. The number of nitrogens with one attached hydrogen (secondary N) is 1. The quantitative estimate of drug-likeness (QED) is 0.322. The highest BCUT2D eigenvalue weighted by Crippen LogP contribution is 2.24. The summed E-state index contributed by atoms with van der Waals surface area (Å²) in [5.41, 5.74) is 3.31. The smallest absolute Gasteiger partial charge is 0.136 e. The van der Waals surface area contributed by atoms with E-state index in [-0.39, 0.29) is 5.50 Å². The minimum absolute atomic E-state index is 0.314. The van der Waals surface area contributed by atoms with Crippen LogP contribution in [0.15, 0.2) is 89.9 Å². The van der Waals surface area contributed by atoms with Crippen molar-refractivity contribution < 1.29 is 0 Å². The van der Waals surface area contributed by atoms with Gasteiger partial charge in [0, 0.05) is 11.3 Å². The van der Waals surface area contributed by atoms with Gasteiger partial charge in [-0.15, -0.1) is 0 Å². The minimum Gasteiger partial charge on any atom is -0.366 e. The number of alkyl halides is 1. The van der Waals surface area contributed by atoms with E-state index in [1.54, 1.807) is 0 Å². The Hall–Kier alpha value is -2.29. The Balaban J connectivity index is 1.72. The van der Waals surface area contributed by atoms with E-state index in [1.807, 2.05) is 84.9 Å². The van der Waals surface area contributed by atoms with E-state index in [2.05, 4.69) is 10.3 Å². The fourth-order valence-electron chi connectivity index (χ4n) is 2.23. The van der Waals surface area contributed by atoms with Crippen molar-refractivity contribution in [3.8, 4) is 0 Å². The molecular formula is C20H16Cl2N2. The van der Waals surface area contributed by atoms with Crippen LogP contribution in [0.2, 0.25) is 0 Å². The van der Waals surface area contributed by atoms with Crippen LogP contribution in [-0.2, 0) is 0 Å². The molecule has 0 aliphatic carbocycles. The van der Waals surface area contributed by atoms with E-state index in [4.69, 9.17) is 23.2 Å². The monoisotopic (exact) mass is 354 g/mol. The van der Waals surface area contributed by atoms with Crippen molar-refractivity contribution in [1.82, 2.24) is 0 Å². The molecule has 1 atom stereocenters. The summed E-state index contributed by atoms with van der Waals surface area (Å²) in [6.45, 7) is 0. The van der Waals surface area contributed by atoms with Crippen molar-refractivity contribution in [2.24, 2.45) is 4.99 Å². The molecule has 0 aliphatic heterocycles. The van der Waals surface area contributed by atoms with Gasteiger partial charge in [-0.3, -0.25) is 0 Å². The number of para-hydroxylation sites is 2. The molecule has 0 radical (unpaired) electrons. The second-order valence-electron chi connectivity index (χ2n) is 5.23. The molecule has 1 N–H and O–H groups in total. The van der Waals surface area contributed by atoms with E-state index in [0.29, 0.717) is 5.17 Å². The molecular weight excluding hydrogens is 339 g/mol. The molecule has 0 spiro atoms. The molecule has 0 amide bonds. The Bertz CT molecular complexity index is 800. The summed E-state index contributed by atoms with van der Waals surface area (Å²) in [5, 5.41) is 3.70. The topological polar surface area (TPSA) is 24.4 Å². The van der Waals surface area contributed by atoms with E-state index in [1.165, 1.54) is 0 Å². The highest BCUT2D eigenvalue weighted by atomic mass is 35.5. The van der Waals surface area contributed by atoms with Crippen LogP contribution < -0.4 is 5.32 Å². The molecule has 1 unspecified atom stereocenters. The molecule has 0 aromatic heterocycles. The molecule has 0 fully saturated rings. The summed E-state index contributed by atoms with van der Waals surface area (Å²) in [4.78, 5) is 4.41. The fourth-order valence-corrected chi connectivity index (χ4v) is 2.73. The maximum Gasteiger partial charge on any atom is 0.136 e. The Morgan fingerprint density at radius 3 is 2.00 bits per heavy atom. The van der Waals surface area contributed by atoms with Crippen LogP contribution in [0.25, 0.3) is 0 Å². The van der Waals surface area contributed by atoms with Gasteiger partial charge in [-0.25, -0.2) is 4.99 Å². The van der Waals surface area contributed by atoms with Gasteiger partial charge in [0.25, 0.3) is 0 Å². The molecule has 4 heteroatoms. The van der Waals surface area contributed by atoms with Gasteiger partial charge in [-0.05, 0) is 29.8 Å². The normalized spacial score (nSPS) is 12.7. The first kappa shape index (κ1) is 16.6. The standard InChI is InChI=1S/C20H16Cl2N2/c21-19(23-17-7-3-1-4-8-17)15-11-13-16(14-12-15)20(22)24-18-9-5-2-6-10-18/h1-14,19,23H/b24-20-. The molecule has 0 bridgehead atoms. The summed E-state index contributed by atoms with van der Waals surface area (Å²) in [5.74, 6) is 0. The Morgan fingerprint density at radius 2 is 1.38 bits per heavy atom. The average molecular weight is 355 g/mol. The van der Waals surface area contributed by atoms with Gasteiger partial charge in [0.05, 0.1) is 5.69 Å². The number of benzene rings is 3. The van der Waals surface area contributed by atoms with Crippen molar-refractivity contribution in [2.45, 2.75) is 5.50 Å². The third kappa shape index (κ3) is 4.38. The van der Waals surface area contributed by atoms with Gasteiger partial charge < -0.3 is 5.32 Å². The van der Waals surface area contributed by atoms with Crippen LogP contribution >= 0.6 is 23.2 Å². The van der Waals surface area contributed by atoms with Gasteiger partial charge in [-0.2, -0.15) is 0 Å². The Morgan fingerprint density at radius 1 is 0.792 bits per heavy atom. The fraction of sp³-hybridized carbons (Fsp3) is 0.0500. The number of hydrogen-bond acceptors (Lipinski definition) is 2. The zero-order chi connectivity index (χ0) is 16.8. The number of aliphatic imine (C=N–C) groups is 1. The zero-order valence-corrected chi connectivity index (χ0v) is 14.4. The van der Waals surface area contributed by atoms with Gasteiger partial charge in [-0.1, -0.05) is 83.9 Å². The lowest BCUT2D eigenvalue weighted by Gasteiger charge is -2.14. The minimum atomic E-state index is -0.314. The first-order chi connectivity index (χ1) is 11.7. The highest BCUT2D eigenvalue weighted by molar-refractivity contribution is 6.69. The van der Waals surface area contributed by atoms with E-state index in [9.17, 15) is 0 Å². The average Bonchev–Trinajstić information content (AvgIpc) is 2.63. The molecule has 0 heterocycles. The second-order valence-corrected chi connectivity index (χ2v) is 6.03. The van der Waals surface area contributed by atoms with Crippen LogP contribution in [0, 0.1) is 0 Å². The molecule has 0 saturated heterocycles. The molecule has 2 nitrogen and oxygen atoms in total. The first-order valence-corrected chi connectivity index (χ1v) is 8.39. The molecule has 24 heavy (non-hydrogen) atoms. The van der Waals surface area contributed by atoms with Gasteiger partial charge >= 0.3 is 0 Å². The Labute approximate surface area is 151 Å². The number of rotatable bonds is 5. The molecule has 0 saturated carbocycles. The molecule has 0 aliphatic rings. The lowest BCUT2D eigenvalue weighted by atomic mass is 10.1. The van der Waals surface area contributed by atoms with Crippen LogP contribution in [0.5, 0.6) is 0 Å². The maximum atomic E-state index is 6.43. The van der Waals surface area contributed by atoms with Crippen molar-refractivity contribution in [1.29, 1.82) is 0 Å². The maximum absolute atomic E-state index is 6.43. The van der Waals surface area contributed by atoms with Crippen molar-refractivity contribution in [2.75, 3.05) is 5.32 Å². The number of nitrogens with zero attached hydrogens (tertiary/aromatic N) is 1. The summed E-state index contributed by atoms with van der Waals surface area (Å²) >= 11 is 12.7. The predicted molar refractivity (Wildman–Crippen MR) is 104 cm³/mol.